The Morgan fingerprint density at radius 2 is 2.23 bits per heavy atom. The average molecular weight is 306 g/mol. The molecule has 22 heavy (non-hydrogen) atoms. The van der Waals surface area contributed by atoms with Gasteiger partial charge in [-0.15, -0.1) is 0 Å². The van der Waals surface area contributed by atoms with Crippen LogP contribution >= 0.6 is 0 Å². The molecule has 3 heteroatoms. The third-order valence-corrected chi connectivity index (χ3v) is 6.38. The molecule has 2 saturated carbocycles. The van der Waals surface area contributed by atoms with Crippen LogP contribution in [0.4, 0.5) is 0 Å². The molecule has 3 nitrogen and oxygen atoms in total. The second kappa shape index (κ2) is 5.99. The maximum absolute atomic E-state index is 12.3. The predicted octanol–water partition coefficient (Wildman–Crippen LogP) is 2.52. The lowest BCUT2D eigenvalue weighted by atomic mass is 9.55. The second-order valence-electron chi connectivity index (χ2n) is 8.56. The lowest BCUT2D eigenvalue weighted by Crippen LogP contribution is -2.87. The SMILES string of the molecule is C=C1CCC[C@]2(C)C[C@H]3OC(=O)[C@H](C[NH2+]CC(C)C)[C@H]3C[C@@H]12. The van der Waals surface area contributed by atoms with Crippen LogP contribution in [0.1, 0.15) is 52.9 Å². The summed E-state index contributed by atoms with van der Waals surface area (Å²) in [5.74, 6) is 1.85. The molecule has 0 radical (unpaired) electrons. The van der Waals surface area contributed by atoms with Gasteiger partial charge in [0.1, 0.15) is 12.0 Å². The van der Waals surface area contributed by atoms with Gasteiger partial charge in [-0.3, -0.25) is 4.79 Å². The van der Waals surface area contributed by atoms with Crippen molar-refractivity contribution in [1.29, 1.82) is 0 Å². The molecular formula is C19H32NO2+. The number of carbonyl (C=O) groups is 1. The van der Waals surface area contributed by atoms with E-state index in [1.807, 2.05) is 0 Å². The molecule has 1 heterocycles. The van der Waals surface area contributed by atoms with Crippen molar-refractivity contribution in [3.63, 3.8) is 0 Å². The van der Waals surface area contributed by atoms with Crippen LogP contribution in [-0.4, -0.2) is 25.2 Å². The highest BCUT2D eigenvalue weighted by Gasteiger charge is 2.55. The van der Waals surface area contributed by atoms with Crippen LogP contribution in [0.3, 0.4) is 0 Å². The summed E-state index contributed by atoms with van der Waals surface area (Å²) in [5, 5.41) is 2.31. The monoisotopic (exact) mass is 306 g/mol. The zero-order valence-corrected chi connectivity index (χ0v) is 14.4. The lowest BCUT2D eigenvalue weighted by molar-refractivity contribution is -0.664. The number of carbonyl (C=O) groups excluding carboxylic acids is 1. The summed E-state index contributed by atoms with van der Waals surface area (Å²) in [6.07, 6.45) is 6.03. The van der Waals surface area contributed by atoms with Crippen molar-refractivity contribution in [2.45, 2.75) is 59.0 Å². The van der Waals surface area contributed by atoms with Crippen molar-refractivity contribution in [1.82, 2.24) is 0 Å². The Morgan fingerprint density at radius 3 is 2.95 bits per heavy atom. The van der Waals surface area contributed by atoms with Gasteiger partial charge in [-0.2, -0.15) is 0 Å². The van der Waals surface area contributed by atoms with Crippen LogP contribution in [0.15, 0.2) is 12.2 Å². The minimum atomic E-state index is 0.0582. The van der Waals surface area contributed by atoms with Gasteiger partial charge in [0.05, 0.1) is 13.1 Å². The fraction of sp³-hybridized carbons (Fsp3) is 0.842. The van der Waals surface area contributed by atoms with Gasteiger partial charge >= 0.3 is 5.97 Å². The third kappa shape index (κ3) is 2.84. The smallest absolute Gasteiger partial charge is 0.315 e. The highest BCUT2D eigenvalue weighted by molar-refractivity contribution is 5.75. The maximum Gasteiger partial charge on any atom is 0.315 e. The summed E-state index contributed by atoms with van der Waals surface area (Å²) in [6.45, 7) is 13.2. The van der Waals surface area contributed by atoms with Crippen LogP contribution in [0.5, 0.6) is 0 Å². The van der Waals surface area contributed by atoms with E-state index < -0.39 is 0 Å². The van der Waals surface area contributed by atoms with Crippen molar-refractivity contribution in [3.8, 4) is 0 Å². The molecule has 3 rings (SSSR count). The molecule has 0 bridgehead atoms. The summed E-state index contributed by atoms with van der Waals surface area (Å²) in [6, 6.07) is 0. The average Bonchev–Trinajstić information content (AvgIpc) is 2.71. The largest absolute Gasteiger partial charge is 0.462 e. The Labute approximate surface area is 134 Å². The van der Waals surface area contributed by atoms with Crippen LogP contribution in [0, 0.1) is 29.1 Å². The molecule has 124 valence electrons. The molecule has 3 aliphatic rings. The molecule has 0 amide bonds. The van der Waals surface area contributed by atoms with Crippen LogP contribution < -0.4 is 5.32 Å². The Balaban J connectivity index is 1.70. The molecule has 2 aliphatic carbocycles. The van der Waals surface area contributed by atoms with E-state index in [4.69, 9.17) is 4.74 Å². The number of hydrogen-bond acceptors (Lipinski definition) is 2. The van der Waals surface area contributed by atoms with E-state index in [0.29, 0.717) is 23.2 Å². The minimum Gasteiger partial charge on any atom is -0.462 e. The number of quaternary nitrogens is 1. The molecule has 0 unspecified atom stereocenters. The molecule has 5 atom stereocenters. The summed E-state index contributed by atoms with van der Waals surface area (Å²) in [5.41, 5.74) is 1.74. The number of esters is 1. The molecule has 1 saturated heterocycles. The second-order valence-corrected chi connectivity index (χ2v) is 8.56. The normalized spacial score (nSPS) is 41.3. The van der Waals surface area contributed by atoms with E-state index in [1.54, 1.807) is 0 Å². The molecule has 0 aromatic rings. The van der Waals surface area contributed by atoms with Crippen molar-refractivity contribution >= 4 is 5.97 Å². The van der Waals surface area contributed by atoms with E-state index >= 15 is 0 Å². The van der Waals surface area contributed by atoms with E-state index in [-0.39, 0.29) is 18.0 Å². The summed E-state index contributed by atoms with van der Waals surface area (Å²) in [7, 11) is 0. The Bertz CT molecular complexity index is 458. The van der Waals surface area contributed by atoms with Crippen LogP contribution in [-0.2, 0) is 9.53 Å². The fourth-order valence-corrected chi connectivity index (χ4v) is 5.13. The number of allylic oxidation sites excluding steroid dienone is 1. The standard InChI is InChI=1S/C19H31NO2/c1-12(2)10-20-11-15-14-8-16-13(3)6-5-7-19(16,4)9-17(14)22-18(15)21/h12,14-17,20H,3,5-11H2,1-2,4H3/p+1/t14-,15-,16+,17-,19-/m1/s1. The topological polar surface area (TPSA) is 42.9 Å². The molecular weight excluding hydrogens is 274 g/mol. The highest BCUT2D eigenvalue weighted by atomic mass is 16.6. The van der Waals surface area contributed by atoms with Crippen molar-refractivity contribution in [3.05, 3.63) is 12.2 Å². The van der Waals surface area contributed by atoms with Gasteiger partial charge in [-0.25, -0.2) is 0 Å². The summed E-state index contributed by atoms with van der Waals surface area (Å²) < 4.78 is 5.80. The quantitative estimate of drug-likeness (QED) is 0.640. The van der Waals surface area contributed by atoms with E-state index in [2.05, 4.69) is 32.7 Å². The first kappa shape index (κ1) is 16.0. The maximum atomic E-state index is 12.3. The van der Waals surface area contributed by atoms with Crippen molar-refractivity contribution in [2.24, 2.45) is 29.1 Å². The lowest BCUT2D eigenvalue weighted by Gasteiger charge is -2.49. The molecule has 2 N–H and O–H groups in total. The van der Waals surface area contributed by atoms with E-state index in [1.165, 1.54) is 24.8 Å². The van der Waals surface area contributed by atoms with Gasteiger partial charge in [0.15, 0.2) is 0 Å². The Kier molecular flexibility index (Phi) is 4.37. The molecule has 1 aliphatic heterocycles. The van der Waals surface area contributed by atoms with Crippen molar-refractivity contribution in [2.75, 3.05) is 13.1 Å². The highest BCUT2D eigenvalue weighted by Crippen LogP contribution is 2.56. The number of rotatable bonds is 4. The number of fused-ring (bicyclic) bond motifs is 2. The van der Waals surface area contributed by atoms with Gasteiger partial charge in [0.2, 0.25) is 0 Å². The Morgan fingerprint density at radius 1 is 1.45 bits per heavy atom. The number of hydrogen-bond donors (Lipinski definition) is 1. The Hall–Kier alpha value is -0.830. The van der Waals surface area contributed by atoms with Gasteiger partial charge in [-0.1, -0.05) is 32.9 Å². The first-order valence-electron chi connectivity index (χ1n) is 9.10. The van der Waals surface area contributed by atoms with Crippen molar-refractivity contribution < 1.29 is 14.8 Å². The summed E-state index contributed by atoms with van der Waals surface area (Å²) >= 11 is 0. The zero-order valence-electron chi connectivity index (χ0n) is 14.4. The van der Waals surface area contributed by atoms with Crippen LogP contribution in [0.25, 0.3) is 0 Å². The number of nitrogens with two attached hydrogens (primary N) is 1. The van der Waals surface area contributed by atoms with Gasteiger partial charge in [0.25, 0.3) is 0 Å². The van der Waals surface area contributed by atoms with Crippen LogP contribution in [0.2, 0.25) is 0 Å². The third-order valence-electron chi connectivity index (χ3n) is 6.38. The molecule has 0 spiro atoms. The van der Waals surface area contributed by atoms with E-state index in [9.17, 15) is 4.79 Å². The first-order chi connectivity index (χ1) is 10.4. The first-order valence-corrected chi connectivity index (χ1v) is 9.10. The molecule has 3 fully saturated rings. The van der Waals surface area contributed by atoms with E-state index in [0.717, 1.165) is 25.9 Å². The molecule has 0 aromatic heterocycles. The van der Waals surface area contributed by atoms with Gasteiger partial charge in [0, 0.05) is 11.8 Å². The fourth-order valence-electron chi connectivity index (χ4n) is 5.13. The minimum absolute atomic E-state index is 0.0582. The zero-order chi connectivity index (χ0) is 15.9. The summed E-state index contributed by atoms with van der Waals surface area (Å²) in [4.78, 5) is 12.3. The van der Waals surface area contributed by atoms with Gasteiger partial charge < -0.3 is 10.1 Å². The number of ether oxygens (including phenoxy) is 1. The van der Waals surface area contributed by atoms with Gasteiger partial charge in [-0.05, 0) is 43.4 Å². The molecule has 0 aromatic carbocycles. The predicted molar refractivity (Wildman–Crippen MR) is 87.2 cm³/mol.